The first-order chi connectivity index (χ1) is 9.48. The maximum Gasteiger partial charge on any atom is 0.131 e. The van der Waals surface area contributed by atoms with Crippen LogP contribution in [0.5, 0.6) is 0 Å². The molecule has 0 radical (unpaired) electrons. The van der Waals surface area contributed by atoms with Crippen LogP contribution in [-0.2, 0) is 4.79 Å². The topological polar surface area (TPSA) is 17.1 Å². The summed E-state index contributed by atoms with van der Waals surface area (Å²) in [6.45, 7) is 8.35. The molecule has 0 fully saturated rings. The minimum Gasteiger partial charge on any atom is -0.300 e. The summed E-state index contributed by atoms with van der Waals surface area (Å²) in [5.74, 6) is 1.52. The van der Waals surface area contributed by atoms with Crippen molar-refractivity contribution >= 4 is 17.5 Å². The molecular weight excluding hydrogens is 264 g/mol. The van der Waals surface area contributed by atoms with Crippen molar-refractivity contribution in [2.24, 2.45) is 0 Å². The Hall–Kier alpha value is 0.0200. The van der Waals surface area contributed by atoms with Gasteiger partial charge in [0.2, 0.25) is 0 Å². The quantitative estimate of drug-likeness (QED) is 0.345. The normalized spacial score (nSPS) is 11.8. The number of thioether (sulfide) groups is 1. The van der Waals surface area contributed by atoms with Gasteiger partial charge in [-0.05, 0) is 19.1 Å². The molecule has 0 rings (SSSR count). The van der Waals surface area contributed by atoms with Crippen molar-refractivity contribution in [3.63, 3.8) is 0 Å². The summed E-state index contributed by atoms with van der Waals surface area (Å²) in [4.78, 5) is 11.1. The van der Waals surface area contributed by atoms with Crippen molar-refractivity contribution in [3.8, 4) is 0 Å². The molecule has 0 unspecified atom stereocenters. The van der Waals surface area contributed by atoms with E-state index in [0.29, 0.717) is 12.2 Å². The van der Waals surface area contributed by atoms with E-state index in [1.807, 2.05) is 11.8 Å². The third kappa shape index (κ3) is 14.4. The smallest absolute Gasteiger partial charge is 0.131 e. The predicted octanol–water partition coefficient (Wildman–Crippen LogP) is 6.40. The minimum absolute atomic E-state index is 0.130. The first kappa shape index (κ1) is 20.0. The van der Waals surface area contributed by atoms with Crippen molar-refractivity contribution < 1.29 is 4.79 Å². The maximum absolute atomic E-state index is 11.1. The zero-order chi connectivity index (χ0) is 15.3. The standard InChI is InChI=1S/C18H36OS/c1-5-6-7-8-9-10-11-12-13-14-15-20-18(3,4)16-17(2)19/h5-16H2,1-4H3. The maximum atomic E-state index is 11.1. The molecule has 0 aromatic rings. The van der Waals surface area contributed by atoms with E-state index in [9.17, 15) is 4.79 Å². The Labute approximate surface area is 131 Å². The summed E-state index contributed by atoms with van der Waals surface area (Å²) in [6, 6.07) is 0. The zero-order valence-electron chi connectivity index (χ0n) is 14.3. The second-order valence-corrected chi connectivity index (χ2v) is 8.47. The van der Waals surface area contributed by atoms with Crippen LogP contribution in [-0.4, -0.2) is 16.3 Å². The van der Waals surface area contributed by atoms with E-state index in [-0.39, 0.29) is 4.75 Å². The highest BCUT2D eigenvalue weighted by Crippen LogP contribution is 2.29. The molecule has 0 aliphatic heterocycles. The van der Waals surface area contributed by atoms with Gasteiger partial charge in [0, 0.05) is 11.2 Å². The molecule has 0 saturated carbocycles. The Bertz CT molecular complexity index is 236. The highest BCUT2D eigenvalue weighted by Gasteiger charge is 2.19. The largest absolute Gasteiger partial charge is 0.300 e. The average Bonchev–Trinajstić information content (AvgIpc) is 2.34. The second-order valence-electron chi connectivity index (χ2n) is 6.67. The number of hydrogen-bond donors (Lipinski definition) is 0. The van der Waals surface area contributed by atoms with Crippen LogP contribution in [0.1, 0.15) is 98.3 Å². The predicted molar refractivity (Wildman–Crippen MR) is 93.7 cm³/mol. The molecule has 0 spiro atoms. The molecule has 0 N–H and O–H groups in total. The highest BCUT2D eigenvalue weighted by molar-refractivity contribution is 8.00. The summed E-state index contributed by atoms with van der Waals surface area (Å²) in [7, 11) is 0. The molecule has 0 atom stereocenters. The van der Waals surface area contributed by atoms with Crippen LogP contribution in [0.3, 0.4) is 0 Å². The molecule has 0 aromatic carbocycles. The lowest BCUT2D eigenvalue weighted by Gasteiger charge is -2.22. The molecule has 0 amide bonds. The summed E-state index contributed by atoms with van der Waals surface area (Å²) in [5, 5.41) is 0. The van der Waals surface area contributed by atoms with Gasteiger partial charge in [0.25, 0.3) is 0 Å². The first-order valence-corrected chi connectivity index (χ1v) is 9.60. The van der Waals surface area contributed by atoms with Crippen LogP contribution < -0.4 is 0 Å². The lowest BCUT2D eigenvalue weighted by atomic mass is 10.1. The minimum atomic E-state index is 0.130. The zero-order valence-corrected chi connectivity index (χ0v) is 15.1. The molecule has 0 heterocycles. The van der Waals surface area contributed by atoms with Crippen LogP contribution in [0.4, 0.5) is 0 Å². The average molecular weight is 301 g/mol. The lowest BCUT2D eigenvalue weighted by molar-refractivity contribution is -0.117. The van der Waals surface area contributed by atoms with Gasteiger partial charge < -0.3 is 0 Å². The fourth-order valence-corrected chi connectivity index (χ4v) is 3.79. The SMILES string of the molecule is CCCCCCCCCCCCSC(C)(C)CC(C)=O. The number of rotatable bonds is 14. The van der Waals surface area contributed by atoms with Gasteiger partial charge in [0.1, 0.15) is 5.78 Å². The number of Topliss-reactive ketones (excluding diaryl/α,β-unsaturated/α-hetero) is 1. The van der Waals surface area contributed by atoms with Crippen LogP contribution in [0, 0.1) is 0 Å². The number of carbonyl (C=O) groups excluding carboxylic acids is 1. The molecule has 1 nitrogen and oxygen atoms in total. The van der Waals surface area contributed by atoms with E-state index in [2.05, 4.69) is 20.8 Å². The van der Waals surface area contributed by atoms with E-state index in [4.69, 9.17) is 0 Å². The van der Waals surface area contributed by atoms with Crippen molar-refractivity contribution in [2.75, 3.05) is 5.75 Å². The van der Waals surface area contributed by atoms with Gasteiger partial charge >= 0.3 is 0 Å². The van der Waals surface area contributed by atoms with Gasteiger partial charge in [0.05, 0.1) is 0 Å². The van der Waals surface area contributed by atoms with E-state index in [1.54, 1.807) is 6.92 Å². The van der Waals surface area contributed by atoms with Crippen molar-refractivity contribution in [1.82, 2.24) is 0 Å². The van der Waals surface area contributed by atoms with Gasteiger partial charge in [0.15, 0.2) is 0 Å². The highest BCUT2D eigenvalue weighted by atomic mass is 32.2. The van der Waals surface area contributed by atoms with Crippen LogP contribution >= 0.6 is 11.8 Å². The lowest BCUT2D eigenvalue weighted by Crippen LogP contribution is -2.19. The Kier molecular flexibility index (Phi) is 12.8. The monoisotopic (exact) mass is 300 g/mol. The van der Waals surface area contributed by atoms with Crippen LogP contribution in [0.2, 0.25) is 0 Å². The number of carbonyl (C=O) groups is 1. The molecule has 0 aliphatic rings. The van der Waals surface area contributed by atoms with Gasteiger partial charge in [-0.3, -0.25) is 4.79 Å². The Morgan fingerprint density at radius 1 is 0.850 bits per heavy atom. The van der Waals surface area contributed by atoms with Crippen molar-refractivity contribution in [3.05, 3.63) is 0 Å². The van der Waals surface area contributed by atoms with Crippen molar-refractivity contribution in [2.45, 2.75) is 103 Å². The van der Waals surface area contributed by atoms with Gasteiger partial charge in [-0.2, -0.15) is 11.8 Å². The van der Waals surface area contributed by atoms with E-state index < -0.39 is 0 Å². The van der Waals surface area contributed by atoms with Gasteiger partial charge in [-0.15, -0.1) is 0 Å². The molecule has 2 heteroatoms. The summed E-state index contributed by atoms with van der Waals surface area (Å²) < 4.78 is 0.130. The Balaban J connectivity index is 3.26. The number of unbranched alkanes of at least 4 members (excludes halogenated alkanes) is 9. The molecule has 0 bridgehead atoms. The first-order valence-electron chi connectivity index (χ1n) is 8.61. The summed E-state index contributed by atoms with van der Waals surface area (Å²) >= 11 is 1.96. The van der Waals surface area contributed by atoms with E-state index in [0.717, 1.165) is 0 Å². The number of hydrogen-bond acceptors (Lipinski definition) is 2. The molecular formula is C18H36OS. The van der Waals surface area contributed by atoms with E-state index >= 15 is 0 Å². The van der Waals surface area contributed by atoms with Crippen molar-refractivity contribution in [1.29, 1.82) is 0 Å². The molecule has 0 aromatic heterocycles. The number of ketones is 1. The summed E-state index contributed by atoms with van der Waals surface area (Å²) in [6.07, 6.45) is 14.6. The Morgan fingerprint density at radius 2 is 1.30 bits per heavy atom. The van der Waals surface area contributed by atoms with Crippen LogP contribution in [0.25, 0.3) is 0 Å². The van der Waals surface area contributed by atoms with E-state index in [1.165, 1.54) is 70.0 Å². The Morgan fingerprint density at radius 3 is 1.75 bits per heavy atom. The third-order valence-electron chi connectivity index (χ3n) is 3.67. The third-order valence-corrected chi connectivity index (χ3v) is 5.08. The fraction of sp³-hybridized carbons (Fsp3) is 0.944. The molecule has 120 valence electrons. The molecule has 0 aliphatic carbocycles. The fourth-order valence-electron chi connectivity index (χ4n) is 2.59. The van der Waals surface area contributed by atoms with Gasteiger partial charge in [-0.1, -0.05) is 78.6 Å². The second kappa shape index (κ2) is 12.7. The summed E-state index contributed by atoms with van der Waals surface area (Å²) in [5.41, 5.74) is 0. The molecule has 0 saturated heterocycles. The van der Waals surface area contributed by atoms with Gasteiger partial charge in [-0.25, -0.2) is 0 Å². The molecule has 20 heavy (non-hydrogen) atoms. The van der Waals surface area contributed by atoms with Crippen LogP contribution in [0.15, 0.2) is 0 Å².